The molecule has 1 atom stereocenters. The zero-order chi connectivity index (χ0) is 13.3. The molecule has 3 nitrogen and oxygen atoms in total. The van der Waals surface area contributed by atoms with Crippen LogP contribution in [0.2, 0.25) is 0 Å². The molecule has 0 spiro atoms. The van der Waals surface area contributed by atoms with Crippen LogP contribution in [0.1, 0.15) is 18.1 Å². The number of nitrogens with one attached hydrogen (secondary N) is 1. The number of rotatable bonds is 2. The maximum atomic E-state index is 10.4. The van der Waals surface area contributed by atoms with Gasteiger partial charge in [-0.05, 0) is 12.5 Å². The average Bonchev–Trinajstić information content (AvgIpc) is 2.76. The molecule has 2 N–H and O–H groups in total. The highest BCUT2D eigenvalue weighted by Crippen LogP contribution is 2.38. The van der Waals surface area contributed by atoms with E-state index in [1.54, 1.807) is 6.92 Å². The minimum absolute atomic E-state index is 0.749. The van der Waals surface area contributed by atoms with Crippen molar-refractivity contribution in [3.8, 4) is 0 Å². The van der Waals surface area contributed by atoms with Gasteiger partial charge in [-0.25, -0.2) is 4.84 Å². The molecule has 2 aromatic rings. The fourth-order valence-corrected chi connectivity index (χ4v) is 2.31. The molecule has 2 aromatic carbocycles. The maximum Gasteiger partial charge on any atom is 0.217 e. The first-order chi connectivity index (χ1) is 9.18. The molecule has 0 fully saturated rings. The Morgan fingerprint density at radius 1 is 0.895 bits per heavy atom. The Bertz CT molecular complexity index is 603. The highest BCUT2D eigenvalue weighted by Gasteiger charge is 2.37. The third-order valence-corrected chi connectivity index (χ3v) is 3.19. The van der Waals surface area contributed by atoms with Crippen LogP contribution in [0, 0.1) is 0 Å². The summed E-state index contributed by atoms with van der Waals surface area (Å²) < 4.78 is 0. The van der Waals surface area contributed by atoms with E-state index in [0.29, 0.717) is 0 Å². The van der Waals surface area contributed by atoms with Gasteiger partial charge in [-0.1, -0.05) is 60.7 Å². The van der Waals surface area contributed by atoms with E-state index in [1.807, 2.05) is 60.7 Å². The molecule has 1 aliphatic rings. The standard InChI is InChI=1S/C16H15NO2/c1-16(18)14(12-8-4-2-5-9-12)15(17-19-16)13-10-6-3-7-11-13/h2-11,17-18H,1H3. The summed E-state index contributed by atoms with van der Waals surface area (Å²) in [4.78, 5) is 5.31. The van der Waals surface area contributed by atoms with Gasteiger partial charge in [0, 0.05) is 11.1 Å². The second-order valence-electron chi connectivity index (χ2n) is 4.67. The van der Waals surface area contributed by atoms with E-state index in [0.717, 1.165) is 22.4 Å². The quantitative estimate of drug-likeness (QED) is 0.864. The number of hydrogen-bond donors (Lipinski definition) is 2. The summed E-state index contributed by atoms with van der Waals surface area (Å²) >= 11 is 0. The molecule has 96 valence electrons. The molecule has 0 aliphatic carbocycles. The number of aliphatic hydroxyl groups is 1. The van der Waals surface area contributed by atoms with Gasteiger partial charge >= 0.3 is 0 Å². The molecule has 3 rings (SSSR count). The Labute approximate surface area is 112 Å². The molecule has 0 aromatic heterocycles. The first-order valence-corrected chi connectivity index (χ1v) is 6.20. The highest BCUT2D eigenvalue weighted by atomic mass is 16.7. The van der Waals surface area contributed by atoms with Crippen LogP contribution < -0.4 is 5.48 Å². The van der Waals surface area contributed by atoms with Crippen LogP contribution in [-0.4, -0.2) is 10.9 Å². The van der Waals surface area contributed by atoms with Gasteiger partial charge in [-0.15, -0.1) is 0 Å². The van der Waals surface area contributed by atoms with Crippen molar-refractivity contribution in [1.82, 2.24) is 5.48 Å². The molecule has 1 aliphatic heterocycles. The molecule has 1 heterocycles. The predicted octanol–water partition coefficient (Wildman–Crippen LogP) is 2.80. The summed E-state index contributed by atoms with van der Waals surface area (Å²) in [7, 11) is 0. The van der Waals surface area contributed by atoms with Gasteiger partial charge in [-0.2, -0.15) is 0 Å². The lowest BCUT2D eigenvalue weighted by atomic mass is 9.95. The van der Waals surface area contributed by atoms with Gasteiger partial charge in [-0.3, -0.25) is 5.48 Å². The minimum atomic E-state index is -1.34. The maximum absolute atomic E-state index is 10.4. The van der Waals surface area contributed by atoms with Crippen LogP contribution in [-0.2, 0) is 4.84 Å². The number of hydroxylamine groups is 1. The highest BCUT2D eigenvalue weighted by molar-refractivity contribution is 5.93. The molecule has 0 saturated heterocycles. The number of benzene rings is 2. The predicted molar refractivity (Wildman–Crippen MR) is 74.5 cm³/mol. The second-order valence-corrected chi connectivity index (χ2v) is 4.67. The second kappa shape index (κ2) is 4.53. The fraction of sp³-hybridized carbons (Fsp3) is 0.125. The average molecular weight is 253 g/mol. The van der Waals surface area contributed by atoms with Crippen molar-refractivity contribution in [2.45, 2.75) is 12.7 Å². The van der Waals surface area contributed by atoms with Gasteiger partial charge in [0.05, 0.1) is 5.70 Å². The van der Waals surface area contributed by atoms with Crippen LogP contribution in [0.25, 0.3) is 11.3 Å². The van der Waals surface area contributed by atoms with Gasteiger partial charge in [0.25, 0.3) is 0 Å². The van der Waals surface area contributed by atoms with Crippen molar-refractivity contribution in [3.63, 3.8) is 0 Å². The van der Waals surface area contributed by atoms with Crippen molar-refractivity contribution in [2.75, 3.05) is 0 Å². The number of hydrogen-bond acceptors (Lipinski definition) is 3. The first kappa shape index (κ1) is 12.0. The van der Waals surface area contributed by atoms with Crippen molar-refractivity contribution in [1.29, 1.82) is 0 Å². The van der Waals surface area contributed by atoms with E-state index in [-0.39, 0.29) is 0 Å². The third-order valence-electron chi connectivity index (χ3n) is 3.19. The van der Waals surface area contributed by atoms with E-state index >= 15 is 0 Å². The summed E-state index contributed by atoms with van der Waals surface area (Å²) in [5.74, 6) is -1.34. The molecule has 0 amide bonds. The largest absolute Gasteiger partial charge is 0.360 e. The first-order valence-electron chi connectivity index (χ1n) is 6.20. The third kappa shape index (κ3) is 2.14. The normalized spacial score (nSPS) is 22.4. The van der Waals surface area contributed by atoms with Gasteiger partial charge in [0.2, 0.25) is 5.79 Å². The SMILES string of the molecule is CC1(O)ONC(c2ccccc2)=C1c1ccccc1. The van der Waals surface area contributed by atoms with Gasteiger partial charge in [0.15, 0.2) is 0 Å². The Morgan fingerprint density at radius 2 is 1.42 bits per heavy atom. The lowest BCUT2D eigenvalue weighted by Crippen LogP contribution is -2.27. The molecule has 0 saturated carbocycles. The minimum Gasteiger partial charge on any atom is -0.360 e. The molecule has 3 heteroatoms. The molecule has 1 unspecified atom stereocenters. The summed E-state index contributed by atoms with van der Waals surface area (Å²) in [6.45, 7) is 1.64. The van der Waals surface area contributed by atoms with Crippen molar-refractivity contribution in [3.05, 3.63) is 71.8 Å². The van der Waals surface area contributed by atoms with E-state index in [1.165, 1.54) is 0 Å². The summed E-state index contributed by atoms with van der Waals surface area (Å²) in [5.41, 5.74) is 6.32. The molecular weight excluding hydrogens is 238 g/mol. The van der Waals surface area contributed by atoms with Gasteiger partial charge < -0.3 is 5.11 Å². The van der Waals surface area contributed by atoms with E-state index < -0.39 is 5.79 Å². The molecule has 19 heavy (non-hydrogen) atoms. The zero-order valence-electron chi connectivity index (χ0n) is 10.6. The lowest BCUT2D eigenvalue weighted by molar-refractivity contribution is -0.160. The molecule has 0 bridgehead atoms. The Morgan fingerprint density at radius 3 is 2.00 bits per heavy atom. The van der Waals surface area contributed by atoms with Crippen LogP contribution in [0.4, 0.5) is 0 Å². The van der Waals surface area contributed by atoms with E-state index in [4.69, 9.17) is 4.84 Å². The van der Waals surface area contributed by atoms with Crippen LogP contribution in [0.5, 0.6) is 0 Å². The van der Waals surface area contributed by atoms with E-state index in [2.05, 4.69) is 5.48 Å². The summed E-state index contributed by atoms with van der Waals surface area (Å²) in [5, 5.41) is 10.4. The molecular formula is C16H15NO2. The zero-order valence-corrected chi connectivity index (χ0v) is 10.6. The van der Waals surface area contributed by atoms with Crippen LogP contribution >= 0.6 is 0 Å². The smallest absolute Gasteiger partial charge is 0.217 e. The van der Waals surface area contributed by atoms with Crippen molar-refractivity contribution < 1.29 is 9.94 Å². The van der Waals surface area contributed by atoms with Crippen LogP contribution in [0.15, 0.2) is 60.7 Å². The Hall–Kier alpha value is -2.10. The van der Waals surface area contributed by atoms with Gasteiger partial charge in [0.1, 0.15) is 0 Å². The Kier molecular flexibility index (Phi) is 2.85. The summed E-state index contributed by atoms with van der Waals surface area (Å²) in [6, 6.07) is 19.6. The molecule has 0 radical (unpaired) electrons. The fourth-order valence-electron chi connectivity index (χ4n) is 2.31. The van der Waals surface area contributed by atoms with Crippen molar-refractivity contribution >= 4 is 11.3 Å². The van der Waals surface area contributed by atoms with Crippen LogP contribution in [0.3, 0.4) is 0 Å². The Balaban J connectivity index is 2.19. The lowest BCUT2D eigenvalue weighted by Gasteiger charge is -2.18. The topological polar surface area (TPSA) is 41.5 Å². The van der Waals surface area contributed by atoms with E-state index in [9.17, 15) is 5.11 Å². The van der Waals surface area contributed by atoms with Crippen molar-refractivity contribution in [2.24, 2.45) is 0 Å². The monoisotopic (exact) mass is 253 g/mol. The summed E-state index contributed by atoms with van der Waals surface area (Å²) in [6.07, 6.45) is 0.